The van der Waals surface area contributed by atoms with Crippen LogP contribution in [0.4, 0.5) is 0 Å². The molecule has 1 atom stereocenters. The normalized spacial score (nSPS) is 13.8. The predicted molar refractivity (Wildman–Crippen MR) is 77.3 cm³/mol. The van der Waals surface area contributed by atoms with Gasteiger partial charge in [0.2, 0.25) is 0 Å². The van der Waals surface area contributed by atoms with Crippen molar-refractivity contribution in [2.24, 2.45) is 0 Å². The van der Waals surface area contributed by atoms with Crippen LogP contribution in [0.25, 0.3) is 0 Å². The molecule has 0 saturated carbocycles. The molecule has 0 unspecified atom stereocenters. The van der Waals surface area contributed by atoms with E-state index in [1.165, 1.54) is 11.1 Å². The Morgan fingerprint density at radius 2 is 1.56 bits per heavy atom. The molecule has 0 bridgehead atoms. The Kier molecular flexibility index (Phi) is 3.96. The molecule has 0 saturated heterocycles. The Morgan fingerprint density at radius 3 is 2.11 bits per heavy atom. The largest absolute Gasteiger partial charge is 0.300 e. The molecule has 0 radical (unpaired) electrons. The molecule has 92 valence electrons. The molecule has 1 heteroatoms. The van der Waals surface area contributed by atoms with Crippen molar-refractivity contribution in [2.75, 3.05) is 0 Å². The molecular formula is C17H19N. The van der Waals surface area contributed by atoms with E-state index in [4.69, 9.17) is 0 Å². The predicted octanol–water partition coefficient (Wildman–Crippen LogP) is 3.88. The molecule has 0 aliphatic heterocycles. The van der Waals surface area contributed by atoms with Crippen LogP contribution in [-0.4, -0.2) is 0 Å². The number of rotatable bonds is 5. The van der Waals surface area contributed by atoms with Gasteiger partial charge in [-0.05, 0) is 18.1 Å². The summed E-state index contributed by atoms with van der Waals surface area (Å²) >= 11 is 0. The van der Waals surface area contributed by atoms with Crippen LogP contribution >= 0.6 is 0 Å². The van der Waals surface area contributed by atoms with Crippen molar-refractivity contribution in [1.29, 1.82) is 0 Å². The maximum absolute atomic E-state index is 3.96. The van der Waals surface area contributed by atoms with Crippen molar-refractivity contribution in [3.05, 3.63) is 84.4 Å². The smallest absolute Gasteiger partial charge is 0.0591 e. The minimum Gasteiger partial charge on any atom is -0.300 e. The second-order valence-corrected chi connectivity index (χ2v) is 4.61. The molecule has 2 aromatic carbocycles. The highest BCUT2D eigenvalue weighted by atomic mass is 15.0. The Labute approximate surface area is 109 Å². The number of nitrogens with one attached hydrogen (secondary N) is 1. The Bertz CT molecular complexity index is 490. The fourth-order valence-corrected chi connectivity index (χ4v) is 1.96. The monoisotopic (exact) mass is 237 g/mol. The number of benzene rings is 2. The van der Waals surface area contributed by atoms with Gasteiger partial charge in [-0.3, -0.25) is 0 Å². The summed E-state index contributed by atoms with van der Waals surface area (Å²) in [7, 11) is 0. The Hall–Kier alpha value is -1.86. The zero-order valence-corrected chi connectivity index (χ0v) is 10.8. The summed E-state index contributed by atoms with van der Waals surface area (Å²) in [4.78, 5) is 0. The molecule has 0 aliphatic carbocycles. The Morgan fingerprint density at radius 1 is 1.00 bits per heavy atom. The highest BCUT2D eigenvalue weighted by Crippen LogP contribution is 2.22. The molecule has 2 rings (SSSR count). The summed E-state index contributed by atoms with van der Waals surface area (Å²) in [5.41, 5.74) is 2.31. The van der Waals surface area contributed by atoms with Gasteiger partial charge in [-0.2, -0.15) is 0 Å². The third-order valence-corrected chi connectivity index (χ3v) is 3.28. The van der Waals surface area contributed by atoms with Crippen molar-refractivity contribution >= 4 is 0 Å². The highest BCUT2D eigenvalue weighted by molar-refractivity contribution is 5.28. The van der Waals surface area contributed by atoms with E-state index in [0.717, 1.165) is 6.54 Å². The van der Waals surface area contributed by atoms with Crippen LogP contribution in [-0.2, 0) is 12.1 Å². The van der Waals surface area contributed by atoms with Gasteiger partial charge >= 0.3 is 0 Å². The molecule has 0 amide bonds. The summed E-state index contributed by atoms with van der Waals surface area (Å²) in [6, 6.07) is 20.8. The molecule has 0 fully saturated rings. The SMILES string of the molecule is C=C[C@](C)(NCc1ccccc1)c1ccccc1. The van der Waals surface area contributed by atoms with Gasteiger partial charge in [0.1, 0.15) is 0 Å². The molecule has 1 N–H and O–H groups in total. The minimum atomic E-state index is -0.197. The van der Waals surface area contributed by atoms with Gasteiger partial charge in [-0.25, -0.2) is 0 Å². The summed E-state index contributed by atoms with van der Waals surface area (Å²) in [5, 5.41) is 3.56. The van der Waals surface area contributed by atoms with E-state index in [1.54, 1.807) is 0 Å². The van der Waals surface area contributed by atoms with E-state index in [9.17, 15) is 0 Å². The van der Waals surface area contributed by atoms with Gasteiger partial charge < -0.3 is 5.32 Å². The quantitative estimate of drug-likeness (QED) is 0.778. The van der Waals surface area contributed by atoms with E-state index in [1.807, 2.05) is 18.2 Å². The third kappa shape index (κ3) is 2.88. The molecule has 0 spiro atoms. The fraction of sp³-hybridized carbons (Fsp3) is 0.176. The van der Waals surface area contributed by atoms with E-state index >= 15 is 0 Å². The first-order valence-corrected chi connectivity index (χ1v) is 6.23. The lowest BCUT2D eigenvalue weighted by molar-refractivity contribution is 0.453. The van der Waals surface area contributed by atoms with Gasteiger partial charge in [0.05, 0.1) is 5.54 Å². The Balaban J connectivity index is 2.12. The standard InChI is InChI=1S/C17H19N/c1-3-17(2,16-12-8-5-9-13-16)18-14-15-10-6-4-7-11-15/h3-13,18H,1,14H2,2H3/t17-/m0/s1. The summed E-state index contributed by atoms with van der Waals surface area (Å²) in [6.45, 7) is 6.94. The lowest BCUT2D eigenvalue weighted by Gasteiger charge is -2.28. The molecule has 0 heterocycles. The van der Waals surface area contributed by atoms with Crippen LogP contribution in [0.5, 0.6) is 0 Å². The molecule has 18 heavy (non-hydrogen) atoms. The first-order chi connectivity index (χ1) is 8.74. The topological polar surface area (TPSA) is 12.0 Å². The van der Waals surface area contributed by atoms with Crippen molar-refractivity contribution in [3.63, 3.8) is 0 Å². The van der Waals surface area contributed by atoms with E-state index in [2.05, 4.69) is 67.4 Å². The minimum absolute atomic E-state index is 0.197. The van der Waals surface area contributed by atoms with Crippen molar-refractivity contribution in [2.45, 2.75) is 19.0 Å². The van der Waals surface area contributed by atoms with Crippen molar-refractivity contribution in [1.82, 2.24) is 5.32 Å². The summed E-state index contributed by atoms with van der Waals surface area (Å²) in [6.07, 6.45) is 1.96. The van der Waals surface area contributed by atoms with Gasteiger partial charge in [0.15, 0.2) is 0 Å². The molecule has 0 aromatic heterocycles. The zero-order valence-electron chi connectivity index (χ0n) is 10.8. The molecule has 1 nitrogen and oxygen atoms in total. The van der Waals surface area contributed by atoms with Gasteiger partial charge in [0, 0.05) is 6.54 Å². The average Bonchev–Trinajstić information content (AvgIpc) is 2.47. The van der Waals surface area contributed by atoms with Crippen LogP contribution in [0, 0.1) is 0 Å². The lowest BCUT2D eigenvalue weighted by Crippen LogP contribution is -2.36. The molecule has 2 aromatic rings. The van der Waals surface area contributed by atoms with Crippen molar-refractivity contribution in [3.8, 4) is 0 Å². The fourth-order valence-electron chi connectivity index (χ4n) is 1.96. The van der Waals surface area contributed by atoms with E-state index in [0.29, 0.717) is 0 Å². The zero-order chi connectivity index (χ0) is 12.8. The summed E-state index contributed by atoms with van der Waals surface area (Å²) < 4.78 is 0. The second-order valence-electron chi connectivity index (χ2n) is 4.61. The van der Waals surface area contributed by atoms with Crippen LogP contribution < -0.4 is 5.32 Å². The first kappa shape index (κ1) is 12.6. The molecular weight excluding hydrogens is 218 g/mol. The third-order valence-electron chi connectivity index (χ3n) is 3.28. The maximum Gasteiger partial charge on any atom is 0.0591 e. The van der Waals surface area contributed by atoms with Crippen LogP contribution in [0.1, 0.15) is 18.1 Å². The first-order valence-electron chi connectivity index (χ1n) is 6.23. The van der Waals surface area contributed by atoms with Crippen molar-refractivity contribution < 1.29 is 0 Å². The van der Waals surface area contributed by atoms with Crippen LogP contribution in [0.2, 0.25) is 0 Å². The second kappa shape index (κ2) is 5.65. The van der Waals surface area contributed by atoms with Gasteiger partial charge in [0.25, 0.3) is 0 Å². The number of hydrogen-bond donors (Lipinski definition) is 1. The number of hydrogen-bond acceptors (Lipinski definition) is 1. The maximum atomic E-state index is 3.96. The molecule has 0 aliphatic rings. The van der Waals surface area contributed by atoms with Crippen LogP contribution in [0.3, 0.4) is 0 Å². The summed E-state index contributed by atoms with van der Waals surface area (Å²) in [5.74, 6) is 0. The van der Waals surface area contributed by atoms with Gasteiger partial charge in [-0.15, -0.1) is 6.58 Å². The average molecular weight is 237 g/mol. The highest BCUT2D eigenvalue weighted by Gasteiger charge is 2.21. The van der Waals surface area contributed by atoms with Crippen LogP contribution in [0.15, 0.2) is 73.3 Å². The van der Waals surface area contributed by atoms with E-state index in [-0.39, 0.29) is 5.54 Å². The van der Waals surface area contributed by atoms with Gasteiger partial charge in [-0.1, -0.05) is 66.7 Å². The lowest BCUT2D eigenvalue weighted by atomic mass is 9.92. The van der Waals surface area contributed by atoms with E-state index < -0.39 is 0 Å².